The van der Waals surface area contributed by atoms with Crippen molar-refractivity contribution in [3.05, 3.63) is 23.8 Å². The molecule has 0 unspecified atom stereocenters. The van der Waals surface area contributed by atoms with Crippen LogP contribution < -0.4 is 21.3 Å². The summed E-state index contributed by atoms with van der Waals surface area (Å²) >= 11 is 0. The highest BCUT2D eigenvalue weighted by Gasteiger charge is 2.37. The summed E-state index contributed by atoms with van der Waals surface area (Å²) in [6.07, 6.45) is 9.71. The lowest BCUT2D eigenvalue weighted by molar-refractivity contribution is -0.144. The molecule has 2 heterocycles. The fraction of sp³-hybridized carbons (Fsp3) is 0.690. The van der Waals surface area contributed by atoms with E-state index in [2.05, 4.69) is 21.3 Å². The number of carbonyl (C=O) groups excluding carboxylic acids is 7. The number of anilines is 2. The number of hydrogen-bond donors (Lipinski definition) is 4. The zero-order valence-electron chi connectivity index (χ0n) is 37.2. The maximum absolute atomic E-state index is 12.6. The predicted octanol–water partition coefficient (Wildman–Crippen LogP) is 6.65. The quantitative estimate of drug-likeness (QED) is 0.0462. The molecule has 1 aromatic carbocycles. The van der Waals surface area contributed by atoms with Gasteiger partial charge >= 0.3 is 29.2 Å². The van der Waals surface area contributed by atoms with Gasteiger partial charge in [-0.05, 0) is 109 Å². The minimum atomic E-state index is -2.60. The van der Waals surface area contributed by atoms with Gasteiger partial charge in [-0.25, -0.2) is 9.59 Å². The van der Waals surface area contributed by atoms with Crippen molar-refractivity contribution in [1.82, 2.24) is 20.4 Å². The van der Waals surface area contributed by atoms with Crippen molar-refractivity contribution in [2.75, 3.05) is 69.8 Å². The summed E-state index contributed by atoms with van der Waals surface area (Å²) in [6.45, 7) is 14.1. The molecule has 2 fully saturated rings. The highest BCUT2D eigenvalue weighted by atomic mass is 28.4. The summed E-state index contributed by atoms with van der Waals surface area (Å²) in [5.74, 6) is -0.290. The first-order valence-corrected chi connectivity index (χ1v) is 26.6. The molecule has 0 bridgehead atoms. The molecule has 0 saturated carbocycles. The summed E-state index contributed by atoms with van der Waals surface area (Å²) in [5.41, 5.74) is 1.87. The lowest BCUT2D eigenvalue weighted by atomic mass is 10.2. The number of rotatable bonds is 25. The minimum absolute atomic E-state index is 0. The van der Waals surface area contributed by atoms with Gasteiger partial charge in [0, 0.05) is 98.2 Å². The number of urea groups is 2. The molecule has 0 aliphatic carbocycles. The SMILES string of the molecule is CCO[Si](CC=O)(CCCNC(=O)Nc1cc(NC(=O)N2CCCCCC2=O)ccc1C)OCC.CCO[Si](CC=O)(CCCNCCC(=O)N1CCCCCC1=O)OCC.[HH].[HH]. The zero-order valence-corrected chi connectivity index (χ0v) is 39.2. The second kappa shape index (κ2) is 30.2. The Balaban J connectivity index is 0.00000123. The molecule has 4 N–H and O–H groups in total. The molecule has 1 aromatic rings. The van der Waals surface area contributed by atoms with Crippen molar-refractivity contribution >= 4 is 70.9 Å². The molecule has 17 nitrogen and oxygen atoms in total. The largest absolute Gasteiger partial charge is 0.394 e. The molecule has 0 spiro atoms. The Hall–Kier alpha value is -3.86. The summed E-state index contributed by atoms with van der Waals surface area (Å²) in [4.78, 5) is 86.1. The standard InChI is InChI=1S/C24H38N4O6Si.C18H34N2O5Si.2H2/c1-4-33-35(17-15-29,34-5-2)16-9-13-25-23(31)27-21-18-20(12-11-19(21)3)26-24(32)28-14-8-6-7-10-22(28)30;1-3-24-26(16-14-21,25-4-2)15-8-11-19-12-10-18(23)20-13-7-5-6-9-17(20)22;;/h11-12,15,18H,4-10,13-14,16-17H2,1-3H3,(H,26,32)(H2,25,27,31);14,19H,3-13,15-16H2,1-2H3;2*1H. The first kappa shape index (κ1) is 53.3. The van der Waals surface area contributed by atoms with Crippen LogP contribution in [0, 0.1) is 6.92 Å². The van der Waals surface area contributed by atoms with Crippen LogP contribution >= 0.6 is 0 Å². The van der Waals surface area contributed by atoms with E-state index >= 15 is 0 Å². The van der Waals surface area contributed by atoms with E-state index in [-0.39, 0.29) is 32.7 Å². The predicted molar refractivity (Wildman–Crippen MR) is 243 cm³/mol. The van der Waals surface area contributed by atoms with Crippen LogP contribution in [0.3, 0.4) is 0 Å². The Labute approximate surface area is 367 Å². The molecule has 2 aliphatic rings. The van der Waals surface area contributed by atoms with E-state index in [0.29, 0.717) is 102 Å². The van der Waals surface area contributed by atoms with Gasteiger partial charge in [0.15, 0.2) is 0 Å². The van der Waals surface area contributed by atoms with Gasteiger partial charge < -0.3 is 48.6 Å². The molecule has 0 aromatic heterocycles. The first-order valence-electron chi connectivity index (χ1n) is 22.2. The number of aldehydes is 2. The highest BCUT2D eigenvalue weighted by molar-refractivity contribution is 6.70. The molecule has 2 aliphatic heterocycles. The number of aryl methyl sites for hydroxylation is 1. The third-order valence-electron chi connectivity index (χ3n) is 10.3. The van der Waals surface area contributed by atoms with Gasteiger partial charge in [0.05, 0.1) is 0 Å². The number of nitrogens with one attached hydrogen (secondary N) is 4. The Bertz CT molecular complexity index is 1540. The van der Waals surface area contributed by atoms with E-state index in [4.69, 9.17) is 17.7 Å². The molecule has 2 saturated heterocycles. The van der Waals surface area contributed by atoms with Gasteiger partial charge in [-0.1, -0.05) is 18.9 Å². The number of benzene rings is 1. The lowest BCUT2D eigenvalue weighted by Gasteiger charge is -2.28. The van der Waals surface area contributed by atoms with Crippen molar-refractivity contribution in [3.8, 4) is 0 Å². The van der Waals surface area contributed by atoms with E-state index in [1.165, 1.54) is 9.80 Å². The van der Waals surface area contributed by atoms with Gasteiger partial charge in [-0.2, -0.15) is 0 Å². The summed E-state index contributed by atoms with van der Waals surface area (Å²) < 4.78 is 23.3. The minimum Gasteiger partial charge on any atom is -0.394 e. The molecule has 348 valence electrons. The molecular weight excluding hydrogens is 821 g/mol. The van der Waals surface area contributed by atoms with Crippen molar-refractivity contribution < 1.29 is 54.1 Å². The van der Waals surface area contributed by atoms with Crippen molar-refractivity contribution in [2.24, 2.45) is 0 Å². The normalized spacial score (nSPS) is 14.9. The zero-order chi connectivity index (χ0) is 44.9. The average molecular weight is 897 g/mol. The number of imide groups is 2. The second-order valence-electron chi connectivity index (χ2n) is 14.9. The molecule has 61 heavy (non-hydrogen) atoms. The summed E-state index contributed by atoms with van der Waals surface area (Å²) in [6, 6.07) is 6.32. The van der Waals surface area contributed by atoms with Gasteiger partial charge in [0.2, 0.25) is 17.7 Å². The monoisotopic (exact) mass is 897 g/mol. The third kappa shape index (κ3) is 19.8. The first-order chi connectivity index (χ1) is 29.4. The van der Waals surface area contributed by atoms with Crippen molar-refractivity contribution in [3.63, 3.8) is 0 Å². The van der Waals surface area contributed by atoms with Crippen LogP contribution in [0.15, 0.2) is 18.2 Å². The van der Waals surface area contributed by atoms with Crippen LogP contribution in [0.2, 0.25) is 24.2 Å². The smallest absolute Gasteiger partial charge is 0.345 e. The molecule has 7 amide bonds. The Morgan fingerprint density at radius 1 is 0.705 bits per heavy atom. The van der Waals surface area contributed by atoms with Crippen LogP contribution in [0.25, 0.3) is 0 Å². The maximum Gasteiger partial charge on any atom is 0.345 e. The van der Waals surface area contributed by atoms with Crippen LogP contribution in [0.1, 0.15) is 107 Å². The Morgan fingerprint density at radius 2 is 1.23 bits per heavy atom. The Kier molecular flexibility index (Phi) is 26.4. The van der Waals surface area contributed by atoms with E-state index in [0.717, 1.165) is 75.7 Å². The van der Waals surface area contributed by atoms with Crippen molar-refractivity contribution in [2.45, 2.75) is 129 Å². The number of hydrogen-bond acceptors (Lipinski definition) is 12. The van der Waals surface area contributed by atoms with Gasteiger partial charge in [-0.3, -0.25) is 24.2 Å². The second-order valence-corrected chi connectivity index (χ2v) is 21.6. The molecule has 0 atom stereocenters. The third-order valence-corrected chi connectivity index (χ3v) is 17.4. The van der Waals surface area contributed by atoms with E-state index in [1.54, 1.807) is 18.2 Å². The van der Waals surface area contributed by atoms with Gasteiger partial charge in [-0.15, -0.1) is 0 Å². The number of nitrogens with zero attached hydrogens (tertiary/aromatic N) is 2. The van der Waals surface area contributed by atoms with Crippen LogP contribution in [-0.4, -0.2) is 128 Å². The van der Waals surface area contributed by atoms with Gasteiger partial charge in [0.25, 0.3) is 0 Å². The lowest BCUT2D eigenvalue weighted by Crippen LogP contribution is -2.43. The number of carbonyl (C=O) groups is 7. The topological polar surface area (TPSA) is 211 Å². The molecule has 3 rings (SSSR count). The average Bonchev–Trinajstić information content (AvgIpc) is 3.59. The van der Waals surface area contributed by atoms with Crippen LogP contribution in [-0.2, 0) is 41.7 Å². The van der Waals surface area contributed by atoms with E-state index in [9.17, 15) is 33.6 Å². The summed E-state index contributed by atoms with van der Waals surface area (Å²) in [5, 5.41) is 11.6. The van der Waals surface area contributed by atoms with Crippen molar-refractivity contribution in [1.29, 1.82) is 0 Å². The number of amides is 7. The maximum atomic E-state index is 12.6. The fourth-order valence-electron chi connectivity index (χ4n) is 7.25. The summed E-state index contributed by atoms with van der Waals surface area (Å²) in [7, 11) is -5.05. The highest BCUT2D eigenvalue weighted by Crippen LogP contribution is 2.23. The van der Waals surface area contributed by atoms with Crippen LogP contribution in [0.5, 0.6) is 0 Å². The van der Waals surface area contributed by atoms with E-state index in [1.807, 2.05) is 34.6 Å². The fourth-order valence-corrected chi connectivity index (χ4v) is 12.9. The van der Waals surface area contributed by atoms with Crippen LogP contribution in [0.4, 0.5) is 21.0 Å². The molecule has 0 radical (unpaired) electrons. The number of likely N-dealkylation sites (tertiary alicyclic amines) is 2. The molecule has 19 heteroatoms. The van der Waals surface area contributed by atoms with Gasteiger partial charge in [0.1, 0.15) is 12.6 Å². The Morgan fingerprint density at radius 3 is 1.77 bits per heavy atom. The molecular formula is C42H76N6O11Si2. The van der Waals surface area contributed by atoms with E-state index < -0.39 is 23.2 Å².